The predicted molar refractivity (Wildman–Crippen MR) is 122 cm³/mol. The highest BCUT2D eigenvalue weighted by molar-refractivity contribution is 5.69. The van der Waals surface area contributed by atoms with Gasteiger partial charge in [0, 0.05) is 12.1 Å². The standard InChI is InChI=1S/C27H26N2O2/c1-21-25(18-19-26(30)31-2)28-20-29(21)27(22-12-6-3-7-13-22,23-14-8-4-9-15-23)24-16-10-5-11-17-24/h3-17,20H,18-19H2,1-2H3. The molecule has 1 heterocycles. The van der Waals surface area contributed by atoms with Crippen LogP contribution in [0.3, 0.4) is 0 Å². The van der Waals surface area contributed by atoms with E-state index in [9.17, 15) is 4.79 Å². The smallest absolute Gasteiger partial charge is 0.305 e. The summed E-state index contributed by atoms with van der Waals surface area (Å²) in [7, 11) is 1.42. The van der Waals surface area contributed by atoms with Crippen molar-refractivity contribution in [1.82, 2.24) is 9.55 Å². The van der Waals surface area contributed by atoms with E-state index in [-0.39, 0.29) is 5.97 Å². The summed E-state index contributed by atoms with van der Waals surface area (Å²) >= 11 is 0. The third-order valence-electron chi connectivity index (χ3n) is 5.84. The summed E-state index contributed by atoms with van der Waals surface area (Å²) in [6, 6.07) is 31.5. The highest BCUT2D eigenvalue weighted by Gasteiger charge is 2.39. The molecule has 0 N–H and O–H groups in total. The largest absolute Gasteiger partial charge is 0.469 e. The van der Waals surface area contributed by atoms with Crippen LogP contribution in [0.2, 0.25) is 0 Å². The molecule has 4 nitrogen and oxygen atoms in total. The Balaban J connectivity index is 1.98. The fourth-order valence-electron chi connectivity index (χ4n) is 4.31. The molecule has 4 rings (SSSR count). The van der Waals surface area contributed by atoms with E-state index in [1.54, 1.807) is 0 Å². The molecule has 4 heteroatoms. The molecule has 31 heavy (non-hydrogen) atoms. The average Bonchev–Trinajstić information content (AvgIpc) is 3.20. The molecule has 0 unspecified atom stereocenters. The molecule has 0 saturated carbocycles. The number of rotatable bonds is 7. The van der Waals surface area contributed by atoms with Gasteiger partial charge >= 0.3 is 5.97 Å². The molecule has 0 atom stereocenters. The third-order valence-corrected chi connectivity index (χ3v) is 5.84. The second kappa shape index (κ2) is 9.00. The third kappa shape index (κ3) is 3.77. The normalized spacial score (nSPS) is 11.3. The molecular formula is C27H26N2O2. The topological polar surface area (TPSA) is 44.1 Å². The minimum Gasteiger partial charge on any atom is -0.469 e. The van der Waals surface area contributed by atoms with E-state index in [0.717, 1.165) is 28.1 Å². The zero-order valence-corrected chi connectivity index (χ0v) is 17.9. The van der Waals surface area contributed by atoms with Crippen molar-refractivity contribution in [3.8, 4) is 0 Å². The van der Waals surface area contributed by atoms with Gasteiger partial charge in [-0.15, -0.1) is 0 Å². The maximum atomic E-state index is 11.7. The number of methoxy groups -OCH3 is 1. The number of esters is 1. The van der Waals surface area contributed by atoms with Crippen LogP contribution >= 0.6 is 0 Å². The summed E-state index contributed by atoms with van der Waals surface area (Å²) in [5, 5.41) is 0. The molecule has 0 aliphatic heterocycles. The molecule has 0 radical (unpaired) electrons. The molecule has 0 aliphatic rings. The molecule has 0 bridgehead atoms. The van der Waals surface area contributed by atoms with Crippen molar-refractivity contribution in [2.24, 2.45) is 0 Å². The number of carbonyl (C=O) groups is 1. The number of imidazole rings is 1. The zero-order chi connectivity index (χ0) is 21.7. The second-order valence-corrected chi connectivity index (χ2v) is 7.53. The fourth-order valence-corrected chi connectivity index (χ4v) is 4.31. The molecule has 156 valence electrons. The van der Waals surface area contributed by atoms with Crippen LogP contribution in [0.1, 0.15) is 34.5 Å². The lowest BCUT2D eigenvalue weighted by molar-refractivity contribution is -0.140. The van der Waals surface area contributed by atoms with Crippen LogP contribution in [0.25, 0.3) is 0 Å². The number of hydrogen-bond acceptors (Lipinski definition) is 3. The Kier molecular flexibility index (Phi) is 5.99. The Labute approximate surface area is 183 Å². The van der Waals surface area contributed by atoms with E-state index in [0.29, 0.717) is 12.8 Å². The Morgan fingerprint density at radius 3 is 1.71 bits per heavy atom. The minimum atomic E-state index is -0.593. The summed E-state index contributed by atoms with van der Waals surface area (Å²) in [6.07, 6.45) is 2.75. The van der Waals surface area contributed by atoms with Crippen LogP contribution in [0.15, 0.2) is 97.3 Å². The van der Waals surface area contributed by atoms with Crippen LogP contribution in [0, 0.1) is 6.92 Å². The Morgan fingerprint density at radius 2 is 1.29 bits per heavy atom. The van der Waals surface area contributed by atoms with Gasteiger partial charge in [-0.3, -0.25) is 4.79 Å². The van der Waals surface area contributed by atoms with Crippen molar-refractivity contribution in [3.63, 3.8) is 0 Å². The van der Waals surface area contributed by atoms with Crippen molar-refractivity contribution < 1.29 is 9.53 Å². The second-order valence-electron chi connectivity index (χ2n) is 7.53. The zero-order valence-electron chi connectivity index (χ0n) is 17.9. The van der Waals surface area contributed by atoms with Crippen LogP contribution in [0.4, 0.5) is 0 Å². The van der Waals surface area contributed by atoms with Gasteiger partial charge in [0.05, 0.1) is 25.6 Å². The van der Waals surface area contributed by atoms with Crippen LogP contribution in [0.5, 0.6) is 0 Å². The van der Waals surface area contributed by atoms with E-state index < -0.39 is 5.54 Å². The number of aryl methyl sites for hydroxylation is 1. The molecule has 0 aliphatic carbocycles. The van der Waals surface area contributed by atoms with E-state index in [1.807, 2.05) is 24.5 Å². The van der Waals surface area contributed by atoms with E-state index >= 15 is 0 Å². The lowest BCUT2D eigenvalue weighted by Crippen LogP contribution is -2.38. The van der Waals surface area contributed by atoms with Crippen molar-refractivity contribution in [2.75, 3.05) is 7.11 Å². The lowest BCUT2D eigenvalue weighted by atomic mass is 9.76. The number of benzene rings is 3. The van der Waals surface area contributed by atoms with Crippen molar-refractivity contribution >= 4 is 5.97 Å². The van der Waals surface area contributed by atoms with Gasteiger partial charge < -0.3 is 9.30 Å². The summed E-state index contributed by atoms with van der Waals surface area (Å²) in [5.74, 6) is -0.227. The van der Waals surface area contributed by atoms with Gasteiger partial charge in [-0.2, -0.15) is 0 Å². The van der Waals surface area contributed by atoms with Gasteiger partial charge in [-0.05, 0) is 23.6 Å². The quantitative estimate of drug-likeness (QED) is 0.313. The first-order chi connectivity index (χ1) is 15.2. The highest BCUT2D eigenvalue weighted by Crippen LogP contribution is 2.41. The SMILES string of the molecule is COC(=O)CCc1ncn(C(c2ccccc2)(c2ccccc2)c2ccccc2)c1C. The predicted octanol–water partition coefficient (Wildman–Crippen LogP) is 5.14. The first-order valence-corrected chi connectivity index (χ1v) is 10.4. The molecule has 3 aromatic carbocycles. The Morgan fingerprint density at radius 1 is 0.839 bits per heavy atom. The Hall–Kier alpha value is -3.66. The molecular weight excluding hydrogens is 384 g/mol. The fraction of sp³-hybridized carbons (Fsp3) is 0.185. The number of ether oxygens (including phenoxy) is 1. The summed E-state index contributed by atoms with van der Waals surface area (Å²) in [4.78, 5) is 16.4. The van der Waals surface area contributed by atoms with Crippen molar-refractivity contribution in [1.29, 1.82) is 0 Å². The monoisotopic (exact) mass is 410 g/mol. The first kappa shape index (κ1) is 20.6. The van der Waals surface area contributed by atoms with Crippen LogP contribution < -0.4 is 0 Å². The molecule has 0 saturated heterocycles. The van der Waals surface area contributed by atoms with Crippen LogP contribution in [-0.2, 0) is 21.5 Å². The first-order valence-electron chi connectivity index (χ1n) is 10.4. The summed E-state index contributed by atoms with van der Waals surface area (Å²) < 4.78 is 7.06. The van der Waals surface area contributed by atoms with Gasteiger partial charge in [0.15, 0.2) is 0 Å². The van der Waals surface area contributed by atoms with Gasteiger partial charge in [0.2, 0.25) is 0 Å². The van der Waals surface area contributed by atoms with Gasteiger partial charge in [0.1, 0.15) is 5.54 Å². The molecule has 4 aromatic rings. The maximum absolute atomic E-state index is 11.7. The van der Waals surface area contributed by atoms with Gasteiger partial charge in [-0.25, -0.2) is 4.98 Å². The number of aromatic nitrogens is 2. The number of nitrogens with zero attached hydrogens (tertiary/aromatic N) is 2. The number of hydrogen-bond donors (Lipinski definition) is 0. The summed E-state index contributed by atoms with van der Waals surface area (Å²) in [6.45, 7) is 2.07. The highest BCUT2D eigenvalue weighted by atomic mass is 16.5. The van der Waals surface area contributed by atoms with E-state index in [1.165, 1.54) is 7.11 Å². The van der Waals surface area contributed by atoms with Crippen LogP contribution in [-0.4, -0.2) is 22.6 Å². The molecule has 0 fully saturated rings. The summed E-state index contributed by atoms with van der Waals surface area (Å²) in [5.41, 5.74) is 4.77. The molecule has 1 aromatic heterocycles. The maximum Gasteiger partial charge on any atom is 0.305 e. The van der Waals surface area contributed by atoms with E-state index in [4.69, 9.17) is 9.72 Å². The average molecular weight is 411 g/mol. The number of carbonyl (C=O) groups excluding carboxylic acids is 1. The van der Waals surface area contributed by atoms with Gasteiger partial charge in [-0.1, -0.05) is 91.0 Å². The van der Waals surface area contributed by atoms with Gasteiger partial charge in [0.25, 0.3) is 0 Å². The minimum absolute atomic E-state index is 0.227. The molecule has 0 amide bonds. The van der Waals surface area contributed by atoms with Crippen molar-refractivity contribution in [3.05, 3.63) is 125 Å². The van der Waals surface area contributed by atoms with Crippen molar-refractivity contribution in [2.45, 2.75) is 25.3 Å². The van der Waals surface area contributed by atoms with E-state index in [2.05, 4.69) is 84.3 Å². The molecule has 0 spiro atoms. The lowest BCUT2D eigenvalue weighted by Gasteiger charge is -2.38. The Bertz CT molecular complexity index is 1040.